The number of aryl methyl sites for hydroxylation is 1. The van der Waals surface area contributed by atoms with Gasteiger partial charge in [0.2, 0.25) is 5.76 Å². The van der Waals surface area contributed by atoms with Gasteiger partial charge in [0.05, 0.1) is 17.0 Å². The van der Waals surface area contributed by atoms with Crippen molar-refractivity contribution >= 4 is 34.3 Å². The van der Waals surface area contributed by atoms with Crippen LogP contribution in [0.3, 0.4) is 0 Å². The van der Waals surface area contributed by atoms with Crippen LogP contribution >= 0.6 is 11.6 Å². The Kier molecular flexibility index (Phi) is 4.00. The van der Waals surface area contributed by atoms with Crippen LogP contribution in [0, 0.1) is 6.92 Å². The molecule has 142 valence electrons. The van der Waals surface area contributed by atoms with Crippen LogP contribution in [0.25, 0.3) is 11.0 Å². The van der Waals surface area contributed by atoms with Crippen LogP contribution in [0.2, 0.25) is 5.02 Å². The molecule has 0 bridgehead atoms. The van der Waals surface area contributed by atoms with E-state index in [-0.39, 0.29) is 17.1 Å². The number of nitrogens with zero attached hydrogens (tertiary/aromatic N) is 2. The number of rotatable bonds is 2. The molecule has 0 saturated carbocycles. The van der Waals surface area contributed by atoms with Crippen molar-refractivity contribution in [2.24, 2.45) is 0 Å². The van der Waals surface area contributed by atoms with Gasteiger partial charge in [-0.05, 0) is 48.4 Å². The number of amides is 1. The molecule has 3 heterocycles. The highest BCUT2D eigenvalue weighted by atomic mass is 35.5. The Labute approximate surface area is 171 Å². The lowest BCUT2D eigenvalue weighted by Crippen LogP contribution is -2.30. The van der Waals surface area contributed by atoms with E-state index in [4.69, 9.17) is 16.0 Å². The van der Waals surface area contributed by atoms with E-state index in [1.54, 1.807) is 24.4 Å². The van der Waals surface area contributed by atoms with E-state index in [9.17, 15) is 9.59 Å². The summed E-state index contributed by atoms with van der Waals surface area (Å²) in [5.74, 6) is 0.125. The zero-order valence-corrected chi connectivity index (χ0v) is 16.2. The van der Waals surface area contributed by atoms with Crippen LogP contribution in [0.15, 0.2) is 76.1 Å². The van der Waals surface area contributed by atoms with Crippen molar-refractivity contribution in [1.82, 2.24) is 4.98 Å². The summed E-state index contributed by atoms with van der Waals surface area (Å²) in [5.41, 5.74) is 2.14. The van der Waals surface area contributed by atoms with Gasteiger partial charge in [0.15, 0.2) is 5.43 Å². The molecule has 2 aromatic carbocycles. The zero-order chi connectivity index (χ0) is 20.1. The van der Waals surface area contributed by atoms with Crippen molar-refractivity contribution in [3.63, 3.8) is 0 Å². The fourth-order valence-electron chi connectivity index (χ4n) is 3.78. The number of fused-ring (bicyclic) bond motifs is 2. The summed E-state index contributed by atoms with van der Waals surface area (Å²) in [5, 5.41) is 0.784. The molecule has 1 amide bonds. The minimum atomic E-state index is -0.632. The van der Waals surface area contributed by atoms with Gasteiger partial charge in [-0.25, -0.2) is 4.98 Å². The first-order chi connectivity index (χ1) is 14.0. The Bertz CT molecular complexity index is 1330. The number of carbonyl (C=O) groups is 1. The molecule has 0 N–H and O–H groups in total. The Hall–Kier alpha value is -3.44. The second kappa shape index (κ2) is 6.57. The molecule has 1 atom stereocenters. The van der Waals surface area contributed by atoms with Gasteiger partial charge in [0.25, 0.3) is 5.91 Å². The quantitative estimate of drug-likeness (QED) is 0.478. The number of hydrogen-bond donors (Lipinski definition) is 0. The topological polar surface area (TPSA) is 63.4 Å². The van der Waals surface area contributed by atoms with Crippen molar-refractivity contribution in [3.8, 4) is 0 Å². The van der Waals surface area contributed by atoms with E-state index in [1.807, 2.05) is 49.4 Å². The highest BCUT2D eigenvalue weighted by molar-refractivity contribution is 6.31. The number of halogens is 1. The van der Waals surface area contributed by atoms with Gasteiger partial charge < -0.3 is 4.42 Å². The van der Waals surface area contributed by atoms with Crippen molar-refractivity contribution in [1.29, 1.82) is 0 Å². The molecule has 0 radical (unpaired) electrons. The number of carbonyl (C=O) groups excluding carboxylic acids is 1. The lowest BCUT2D eigenvalue weighted by molar-refractivity contribution is 0.0970. The van der Waals surface area contributed by atoms with Crippen LogP contribution in [0.5, 0.6) is 0 Å². The molecule has 0 spiro atoms. The number of anilines is 1. The number of benzene rings is 2. The highest BCUT2D eigenvalue weighted by Gasteiger charge is 2.44. The third kappa shape index (κ3) is 2.74. The molecule has 1 aliphatic rings. The van der Waals surface area contributed by atoms with E-state index in [1.165, 1.54) is 4.90 Å². The fraction of sp³-hybridized carbons (Fsp3) is 0.0870. The third-order valence-corrected chi connectivity index (χ3v) is 5.33. The molecule has 6 heteroatoms. The largest absolute Gasteiger partial charge is 0.450 e. The van der Waals surface area contributed by atoms with Crippen LogP contribution in [0.1, 0.15) is 33.3 Å². The third-order valence-electron chi connectivity index (χ3n) is 5.10. The minimum Gasteiger partial charge on any atom is -0.450 e. The van der Waals surface area contributed by atoms with Gasteiger partial charge in [-0.15, -0.1) is 0 Å². The molecule has 0 saturated heterocycles. The molecule has 5 nitrogen and oxygen atoms in total. The van der Waals surface area contributed by atoms with Crippen LogP contribution < -0.4 is 10.3 Å². The fourth-order valence-corrected chi connectivity index (χ4v) is 3.96. The molecule has 5 rings (SSSR count). The summed E-state index contributed by atoms with van der Waals surface area (Å²) in [6.45, 7) is 1.93. The van der Waals surface area contributed by atoms with Gasteiger partial charge in [-0.3, -0.25) is 14.5 Å². The molecule has 1 aliphatic heterocycles. The van der Waals surface area contributed by atoms with E-state index >= 15 is 0 Å². The average Bonchev–Trinajstić information content (AvgIpc) is 3.02. The van der Waals surface area contributed by atoms with Crippen molar-refractivity contribution in [2.75, 3.05) is 4.90 Å². The van der Waals surface area contributed by atoms with Crippen LogP contribution in [0.4, 0.5) is 5.82 Å². The summed E-state index contributed by atoms with van der Waals surface area (Å²) < 4.78 is 5.91. The minimum absolute atomic E-state index is 0.0435. The van der Waals surface area contributed by atoms with Gasteiger partial charge in [0.1, 0.15) is 11.4 Å². The molecule has 0 unspecified atom stereocenters. The Morgan fingerprint density at radius 3 is 2.59 bits per heavy atom. The normalized spacial score (nSPS) is 15.7. The molecule has 0 fully saturated rings. The summed E-state index contributed by atoms with van der Waals surface area (Å²) in [6, 6.07) is 17.3. The average molecular weight is 403 g/mol. The summed E-state index contributed by atoms with van der Waals surface area (Å²) in [6.07, 6.45) is 1.65. The van der Waals surface area contributed by atoms with Gasteiger partial charge in [-0.1, -0.05) is 41.9 Å². The van der Waals surface area contributed by atoms with Crippen molar-refractivity contribution < 1.29 is 9.21 Å². The maximum Gasteiger partial charge on any atom is 0.296 e. The standard InChI is InChI=1S/C23H15ClN2O3/c1-13-9-10-25-18(11-13)26-20(14-5-3-2-4-6-14)19-21(27)16-12-15(24)7-8-17(16)29-22(19)23(26)28/h2-12,20H,1H3/t20-/m0/s1. The highest BCUT2D eigenvalue weighted by Crippen LogP contribution is 2.40. The van der Waals surface area contributed by atoms with E-state index in [2.05, 4.69) is 4.98 Å². The number of pyridine rings is 1. The second-order valence-corrected chi connectivity index (χ2v) is 7.43. The van der Waals surface area contributed by atoms with E-state index in [0.717, 1.165) is 11.1 Å². The Balaban J connectivity index is 1.84. The second-order valence-electron chi connectivity index (χ2n) is 6.99. The van der Waals surface area contributed by atoms with E-state index in [0.29, 0.717) is 27.4 Å². The van der Waals surface area contributed by atoms with Gasteiger partial charge in [-0.2, -0.15) is 0 Å². The first-order valence-electron chi connectivity index (χ1n) is 9.12. The number of aromatic nitrogens is 1. The molecule has 29 heavy (non-hydrogen) atoms. The predicted octanol–water partition coefficient (Wildman–Crippen LogP) is 4.90. The first-order valence-corrected chi connectivity index (χ1v) is 9.50. The van der Waals surface area contributed by atoms with Gasteiger partial charge in [0, 0.05) is 11.2 Å². The van der Waals surface area contributed by atoms with Crippen molar-refractivity contribution in [2.45, 2.75) is 13.0 Å². The lowest BCUT2D eigenvalue weighted by Gasteiger charge is -2.24. The molecular formula is C23H15ClN2O3. The maximum atomic E-state index is 13.4. The Morgan fingerprint density at radius 2 is 1.83 bits per heavy atom. The molecule has 0 aliphatic carbocycles. The lowest BCUT2D eigenvalue weighted by atomic mass is 9.98. The van der Waals surface area contributed by atoms with Crippen LogP contribution in [-0.4, -0.2) is 10.9 Å². The summed E-state index contributed by atoms with van der Waals surface area (Å²) >= 11 is 6.10. The monoisotopic (exact) mass is 402 g/mol. The van der Waals surface area contributed by atoms with Crippen LogP contribution in [-0.2, 0) is 0 Å². The number of hydrogen-bond acceptors (Lipinski definition) is 4. The smallest absolute Gasteiger partial charge is 0.296 e. The first kappa shape index (κ1) is 17.6. The van der Waals surface area contributed by atoms with Gasteiger partial charge >= 0.3 is 0 Å². The summed E-state index contributed by atoms with van der Waals surface area (Å²) in [7, 11) is 0. The maximum absolute atomic E-state index is 13.4. The van der Waals surface area contributed by atoms with E-state index < -0.39 is 6.04 Å². The zero-order valence-electron chi connectivity index (χ0n) is 15.4. The molecule has 4 aromatic rings. The SMILES string of the molecule is Cc1ccnc(N2C(=O)c3oc4ccc(Cl)cc4c(=O)c3[C@@H]2c2ccccc2)c1. The molecular weight excluding hydrogens is 388 g/mol. The van der Waals surface area contributed by atoms with Crippen molar-refractivity contribution in [3.05, 3.63) is 105 Å². The Morgan fingerprint density at radius 1 is 1.03 bits per heavy atom. The molecule has 2 aromatic heterocycles. The summed E-state index contributed by atoms with van der Waals surface area (Å²) in [4.78, 5) is 32.7. The predicted molar refractivity (Wildman–Crippen MR) is 112 cm³/mol.